The van der Waals surface area contributed by atoms with Crippen LogP contribution in [0.25, 0.3) is 0 Å². The predicted molar refractivity (Wildman–Crippen MR) is 59.9 cm³/mol. The second-order valence-corrected chi connectivity index (χ2v) is 5.72. The van der Waals surface area contributed by atoms with Gasteiger partial charge in [-0.3, -0.25) is 4.68 Å². The molecule has 3 nitrogen and oxygen atoms in total. The number of aryl methyl sites for hydroxylation is 1. The molecule has 6 heteroatoms. The standard InChI is InChI=1S/C12H16F3N3/c1-18-10(12(13,14)15)3-9(17-18)2-8-4-11(5-8)6-16-7-11/h3,8,16H,2,4-7H2,1H3. The molecule has 2 heterocycles. The van der Waals surface area contributed by atoms with Gasteiger partial charge >= 0.3 is 6.18 Å². The number of rotatable bonds is 2. The van der Waals surface area contributed by atoms with E-state index in [1.54, 1.807) is 0 Å². The van der Waals surface area contributed by atoms with Gasteiger partial charge in [0.1, 0.15) is 5.69 Å². The zero-order valence-corrected chi connectivity index (χ0v) is 10.2. The fraction of sp³-hybridized carbons (Fsp3) is 0.750. The van der Waals surface area contributed by atoms with Crippen LogP contribution in [0.5, 0.6) is 0 Å². The molecular formula is C12H16F3N3. The number of nitrogens with one attached hydrogen (secondary N) is 1. The molecule has 2 fully saturated rings. The Balaban J connectivity index is 1.64. The van der Waals surface area contributed by atoms with Gasteiger partial charge in [-0.2, -0.15) is 18.3 Å². The van der Waals surface area contributed by atoms with Gasteiger partial charge in [0.15, 0.2) is 0 Å². The van der Waals surface area contributed by atoms with Crippen LogP contribution in [0.15, 0.2) is 6.07 Å². The third-order valence-corrected chi connectivity index (χ3v) is 4.16. The van der Waals surface area contributed by atoms with Crippen molar-refractivity contribution in [3.05, 3.63) is 17.5 Å². The molecule has 1 saturated carbocycles. The van der Waals surface area contributed by atoms with Crippen LogP contribution in [0, 0.1) is 11.3 Å². The third-order valence-electron chi connectivity index (χ3n) is 4.16. The molecule has 3 rings (SSSR count). The smallest absolute Gasteiger partial charge is 0.316 e. The first-order chi connectivity index (χ1) is 8.38. The molecule has 100 valence electrons. The second kappa shape index (κ2) is 3.73. The van der Waals surface area contributed by atoms with Gasteiger partial charge in [0.05, 0.1) is 5.69 Å². The summed E-state index contributed by atoms with van der Waals surface area (Å²) < 4.78 is 38.8. The van der Waals surface area contributed by atoms with Crippen molar-refractivity contribution in [3.8, 4) is 0 Å². The monoisotopic (exact) mass is 259 g/mol. The number of alkyl halides is 3. The summed E-state index contributed by atoms with van der Waals surface area (Å²) in [6.07, 6.45) is -1.39. The Hall–Kier alpha value is -1.04. The fourth-order valence-electron chi connectivity index (χ4n) is 3.26. The van der Waals surface area contributed by atoms with Crippen molar-refractivity contribution < 1.29 is 13.2 Å². The third kappa shape index (κ3) is 1.92. The topological polar surface area (TPSA) is 29.9 Å². The van der Waals surface area contributed by atoms with Crippen LogP contribution in [0.2, 0.25) is 0 Å². The van der Waals surface area contributed by atoms with Crippen LogP contribution in [-0.4, -0.2) is 22.9 Å². The summed E-state index contributed by atoms with van der Waals surface area (Å²) in [6, 6.07) is 1.18. The second-order valence-electron chi connectivity index (χ2n) is 5.72. The molecule has 0 aromatic carbocycles. The summed E-state index contributed by atoms with van der Waals surface area (Å²) in [5.74, 6) is 0.503. The molecule has 18 heavy (non-hydrogen) atoms. The maximum atomic E-state index is 12.6. The van der Waals surface area contributed by atoms with Gasteiger partial charge < -0.3 is 5.32 Å². The van der Waals surface area contributed by atoms with E-state index in [1.807, 2.05) is 0 Å². The summed E-state index contributed by atoms with van der Waals surface area (Å²) in [5.41, 5.74) is 0.376. The Morgan fingerprint density at radius 1 is 1.44 bits per heavy atom. The minimum atomic E-state index is -4.31. The molecule has 1 aliphatic carbocycles. The van der Waals surface area contributed by atoms with Crippen LogP contribution in [0.3, 0.4) is 0 Å². The van der Waals surface area contributed by atoms with E-state index >= 15 is 0 Å². The van der Waals surface area contributed by atoms with Crippen molar-refractivity contribution in [3.63, 3.8) is 0 Å². The zero-order valence-electron chi connectivity index (χ0n) is 10.2. The minimum Gasteiger partial charge on any atom is -0.316 e. The van der Waals surface area contributed by atoms with Crippen molar-refractivity contribution in [2.45, 2.75) is 25.4 Å². The van der Waals surface area contributed by atoms with E-state index in [0.717, 1.165) is 30.6 Å². The maximum Gasteiger partial charge on any atom is 0.433 e. The molecular weight excluding hydrogens is 243 g/mol. The SMILES string of the molecule is Cn1nc(CC2CC3(CNC3)C2)cc1C(F)(F)F. The highest BCUT2D eigenvalue weighted by atomic mass is 19.4. The van der Waals surface area contributed by atoms with E-state index in [1.165, 1.54) is 13.1 Å². The normalized spacial score (nSPS) is 22.9. The zero-order chi connectivity index (χ0) is 13.0. The molecule has 1 spiro atoms. The molecule has 1 N–H and O–H groups in total. The Morgan fingerprint density at radius 2 is 2.11 bits per heavy atom. The Morgan fingerprint density at radius 3 is 2.56 bits per heavy atom. The minimum absolute atomic E-state index is 0.465. The summed E-state index contributed by atoms with van der Waals surface area (Å²) >= 11 is 0. The van der Waals surface area contributed by atoms with E-state index in [9.17, 15) is 13.2 Å². The quantitative estimate of drug-likeness (QED) is 0.880. The lowest BCUT2D eigenvalue weighted by Gasteiger charge is -2.54. The van der Waals surface area contributed by atoms with Crippen LogP contribution in [0.1, 0.15) is 24.2 Å². The molecule has 0 amide bonds. The van der Waals surface area contributed by atoms with Gasteiger partial charge in [0, 0.05) is 20.1 Å². The van der Waals surface area contributed by atoms with Crippen molar-refractivity contribution in [1.29, 1.82) is 0 Å². The summed E-state index contributed by atoms with van der Waals surface area (Å²) in [5, 5.41) is 7.22. The number of aromatic nitrogens is 2. The fourth-order valence-corrected chi connectivity index (χ4v) is 3.26. The highest BCUT2D eigenvalue weighted by molar-refractivity contribution is 5.15. The average Bonchev–Trinajstić information content (AvgIpc) is 2.48. The number of halogens is 3. The first kappa shape index (κ1) is 12.0. The molecule has 2 aliphatic rings. The number of nitrogens with zero attached hydrogens (tertiary/aromatic N) is 2. The molecule has 1 aromatic heterocycles. The molecule has 1 aliphatic heterocycles. The molecule has 0 atom stereocenters. The van der Waals surface area contributed by atoms with Gasteiger partial charge in [0.2, 0.25) is 0 Å². The average molecular weight is 259 g/mol. The molecule has 0 unspecified atom stereocenters. The van der Waals surface area contributed by atoms with E-state index in [-0.39, 0.29) is 0 Å². The molecule has 1 aromatic rings. The van der Waals surface area contributed by atoms with Crippen LogP contribution < -0.4 is 5.32 Å². The van der Waals surface area contributed by atoms with E-state index < -0.39 is 11.9 Å². The highest BCUT2D eigenvalue weighted by Gasteiger charge is 2.48. The predicted octanol–water partition coefficient (Wildman–Crippen LogP) is 1.98. The highest BCUT2D eigenvalue weighted by Crippen LogP contribution is 2.49. The van der Waals surface area contributed by atoms with E-state index in [2.05, 4.69) is 10.4 Å². The van der Waals surface area contributed by atoms with E-state index in [4.69, 9.17) is 0 Å². The van der Waals surface area contributed by atoms with Gasteiger partial charge in [-0.05, 0) is 36.7 Å². The lowest BCUT2D eigenvalue weighted by Crippen LogP contribution is -2.60. The van der Waals surface area contributed by atoms with Crippen LogP contribution >= 0.6 is 0 Å². The largest absolute Gasteiger partial charge is 0.433 e. The Labute approximate surface area is 103 Å². The van der Waals surface area contributed by atoms with Crippen molar-refractivity contribution in [2.75, 3.05) is 13.1 Å². The molecule has 0 radical (unpaired) electrons. The summed E-state index contributed by atoms with van der Waals surface area (Å²) in [7, 11) is 1.35. The summed E-state index contributed by atoms with van der Waals surface area (Å²) in [6.45, 7) is 2.14. The first-order valence-electron chi connectivity index (χ1n) is 6.19. The van der Waals surface area contributed by atoms with Gasteiger partial charge in [-0.25, -0.2) is 0 Å². The number of hydrogen-bond donors (Lipinski definition) is 1. The van der Waals surface area contributed by atoms with Crippen molar-refractivity contribution in [2.24, 2.45) is 18.4 Å². The van der Waals surface area contributed by atoms with Crippen molar-refractivity contribution in [1.82, 2.24) is 15.1 Å². The lowest BCUT2D eigenvalue weighted by molar-refractivity contribution is -0.143. The maximum absolute atomic E-state index is 12.6. The molecule has 1 saturated heterocycles. The van der Waals surface area contributed by atoms with Gasteiger partial charge in [-0.1, -0.05) is 0 Å². The van der Waals surface area contributed by atoms with Crippen LogP contribution in [-0.2, 0) is 19.6 Å². The lowest BCUT2D eigenvalue weighted by atomic mass is 9.57. The van der Waals surface area contributed by atoms with Crippen LogP contribution in [0.4, 0.5) is 13.2 Å². The van der Waals surface area contributed by atoms with E-state index in [0.29, 0.717) is 23.4 Å². The van der Waals surface area contributed by atoms with Crippen molar-refractivity contribution >= 4 is 0 Å². The Kier molecular flexibility index (Phi) is 2.49. The number of hydrogen-bond acceptors (Lipinski definition) is 2. The van der Waals surface area contributed by atoms with Gasteiger partial charge in [0.25, 0.3) is 0 Å². The van der Waals surface area contributed by atoms with Gasteiger partial charge in [-0.15, -0.1) is 0 Å². The molecule has 0 bridgehead atoms. The first-order valence-corrected chi connectivity index (χ1v) is 6.19. The Bertz CT molecular complexity index is 452. The summed E-state index contributed by atoms with van der Waals surface area (Å²) in [4.78, 5) is 0.